The van der Waals surface area contributed by atoms with Crippen LogP contribution < -0.4 is 4.74 Å². The molecule has 2 bridgehead atoms. The first-order chi connectivity index (χ1) is 12.4. The SMILES string of the molecule is CC(=O)Oc1cccc2cc(S(=O)(=O)N3CC4CCC(CC4)C3)ccc12. The van der Waals surface area contributed by atoms with Crippen LogP contribution in [0.25, 0.3) is 10.8 Å². The maximum absolute atomic E-state index is 13.2. The highest BCUT2D eigenvalue weighted by Crippen LogP contribution is 2.36. The Morgan fingerprint density at radius 2 is 1.69 bits per heavy atom. The van der Waals surface area contributed by atoms with Crippen LogP contribution in [0, 0.1) is 11.8 Å². The molecule has 0 unspecified atom stereocenters. The van der Waals surface area contributed by atoms with E-state index in [9.17, 15) is 13.2 Å². The third kappa shape index (κ3) is 3.23. The van der Waals surface area contributed by atoms with Gasteiger partial charge in [-0.1, -0.05) is 12.1 Å². The fourth-order valence-corrected chi connectivity index (χ4v) is 5.86. The molecule has 0 spiro atoms. The second kappa shape index (κ2) is 6.67. The molecular weight excluding hydrogens is 350 g/mol. The molecule has 2 heterocycles. The van der Waals surface area contributed by atoms with Crippen molar-refractivity contribution in [3.63, 3.8) is 0 Å². The second-order valence-electron chi connectivity index (χ2n) is 7.44. The van der Waals surface area contributed by atoms with Crippen LogP contribution in [0.3, 0.4) is 0 Å². The maximum Gasteiger partial charge on any atom is 0.308 e. The average molecular weight is 373 g/mol. The summed E-state index contributed by atoms with van der Waals surface area (Å²) >= 11 is 0. The summed E-state index contributed by atoms with van der Waals surface area (Å²) in [5, 5.41) is 1.49. The third-order valence-corrected chi connectivity index (χ3v) is 7.42. The number of benzene rings is 2. The van der Waals surface area contributed by atoms with Crippen LogP contribution in [0.1, 0.15) is 32.6 Å². The number of nitrogens with zero attached hydrogens (tertiary/aromatic N) is 1. The first-order valence-corrected chi connectivity index (χ1v) is 10.6. The van der Waals surface area contributed by atoms with E-state index < -0.39 is 16.0 Å². The van der Waals surface area contributed by atoms with Gasteiger partial charge in [-0.15, -0.1) is 0 Å². The van der Waals surface area contributed by atoms with Gasteiger partial charge in [0, 0.05) is 25.4 Å². The highest BCUT2D eigenvalue weighted by molar-refractivity contribution is 7.89. The molecule has 26 heavy (non-hydrogen) atoms. The van der Waals surface area contributed by atoms with Gasteiger partial charge < -0.3 is 4.74 Å². The third-order valence-electron chi connectivity index (χ3n) is 5.59. The van der Waals surface area contributed by atoms with E-state index >= 15 is 0 Å². The number of esters is 1. The highest BCUT2D eigenvalue weighted by atomic mass is 32.2. The van der Waals surface area contributed by atoms with Gasteiger partial charge in [0.2, 0.25) is 10.0 Å². The van der Waals surface area contributed by atoms with Gasteiger partial charge in [-0.05, 0) is 67.2 Å². The summed E-state index contributed by atoms with van der Waals surface area (Å²) in [6, 6.07) is 10.4. The Hall–Kier alpha value is -1.92. The van der Waals surface area contributed by atoms with Gasteiger partial charge in [-0.25, -0.2) is 8.42 Å². The van der Waals surface area contributed by atoms with Crippen LogP contribution >= 0.6 is 0 Å². The molecule has 2 aromatic carbocycles. The molecule has 2 aromatic rings. The normalized spacial score (nSPS) is 23.7. The highest BCUT2D eigenvalue weighted by Gasteiger charge is 2.35. The van der Waals surface area contributed by atoms with Crippen molar-refractivity contribution in [3.8, 4) is 5.75 Å². The monoisotopic (exact) mass is 373 g/mol. The van der Waals surface area contributed by atoms with Crippen LogP contribution in [-0.4, -0.2) is 31.8 Å². The standard InChI is InChI=1S/C20H23NO4S/c1-14(22)25-20-4-2-3-17-11-18(9-10-19(17)20)26(23,24)21-12-15-5-6-16(13-21)8-7-15/h2-4,9-11,15-16H,5-8,12-13H2,1H3. The number of sulfonamides is 1. The van der Waals surface area contributed by atoms with Crippen molar-refractivity contribution < 1.29 is 17.9 Å². The molecule has 0 amide bonds. The van der Waals surface area contributed by atoms with Crippen LogP contribution in [0.15, 0.2) is 41.3 Å². The number of rotatable bonds is 3. The number of ether oxygens (including phenoxy) is 1. The van der Waals surface area contributed by atoms with E-state index in [2.05, 4.69) is 0 Å². The molecule has 3 fully saturated rings. The van der Waals surface area contributed by atoms with E-state index in [0.29, 0.717) is 35.6 Å². The lowest BCUT2D eigenvalue weighted by Crippen LogP contribution is -2.34. The van der Waals surface area contributed by atoms with Gasteiger partial charge >= 0.3 is 5.97 Å². The fourth-order valence-electron chi connectivity index (χ4n) is 4.23. The molecule has 6 heteroatoms. The predicted octanol–water partition coefficient (Wildman–Crippen LogP) is 3.58. The summed E-state index contributed by atoms with van der Waals surface area (Å²) < 4.78 is 33.3. The van der Waals surface area contributed by atoms with E-state index in [1.807, 2.05) is 6.07 Å². The average Bonchev–Trinajstić information content (AvgIpc) is 2.95. The lowest BCUT2D eigenvalue weighted by molar-refractivity contribution is -0.131. The van der Waals surface area contributed by atoms with Crippen LogP contribution in [0.5, 0.6) is 5.75 Å². The van der Waals surface area contributed by atoms with Crippen molar-refractivity contribution in [2.24, 2.45) is 11.8 Å². The Kier molecular flexibility index (Phi) is 4.49. The topological polar surface area (TPSA) is 63.7 Å². The number of hydrogen-bond donors (Lipinski definition) is 0. The van der Waals surface area contributed by atoms with Crippen molar-refractivity contribution in [1.82, 2.24) is 4.31 Å². The summed E-state index contributed by atoms with van der Waals surface area (Å²) in [4.78, 5) is 11.6. The summed E-state index contributed by atoms with van der Waals surface area (Å²) in [5.74, 6) is 1.03. The largest absolute Gasteiger partial charge is 0.426 e. The van der Waals surface area contributed by atoms with Gasteiger partial charge in [0.25, 0.3) is 0 Å². The van der Waals surface area contributed by atoms with Gasteiger partial charge in [0.15, 0.2) is 0 Å². The Bertz CT molecular complexity index is 931. The number of hydrogen-bond acceptors (Lipinski definition) is 4. The molecule has 2 saturated heterocycles. The zero-order chi connectivity index (χ0) is 18.3. The lowest BCUT2D eigenvalue weighted by Gasteiger charge is -2.22. The van der Waals surface area contributed by atoms with Crippen molar-refractivity contribution in [1.29, 1.82) is 0 Å². The summed E-state index contributed by atoms with van der Waals surface area (Å²) in [6.07, 6.45) is 4.56. The van der Waals surface area contributed by atoms with E-state index in [-0.39, 0.29) is 0 Å². The molecule has 138 valence electrons. The number of fused-ring (bicyclic) bond motifs is 5. The van der Waals surface area contributed by atoms with Crippen molar-refractivity contribution in [2.45, 2.75) is 37.5 Å². The van der Waals surface area contributed by atoms with E-state index in [1.54, 1.807) is 34.6 Å². The first kappa shape index (κ1) is 17.5. The summed E-state index contributed by atoms with van der Waals surface area (Å²) in [5.41, 5.74) is 0. The van der Waals surface area contributed by atoms with Crippen molar-refractivity contribution >= 4 is 26.8 Å². The Morgan fingerprint density at radius 3 is 2.31 bits per heavy atom. The van der Waals surface area contributed by atoms with Crippen molar-refractivity contribution in [3.05, 3.63) is 36.4 Å². The second-order valence-corrected chi connectivity index (χ2v) is 9.38. The smallest absolute Gasteiger partial charge is 0.308 e. The molecule has 2 aliphatic heterocycles. The molecule has 0 aromatic heterocycles. The minimum atomic E-state index is -3.51. The van der Waals surface area contributed by atoms with Crippen LogP contribution in [-0.2, 0) is 14.8 Å². The van der Waals surface area contributed by atoms with Crippen molar-refractivity contribution in [2.75, 3.05) is 13.1 Å². The molecule has 0 atom stereocenters. The van der Waals surface area contributed by atoms with E-state index in [1.165, 1.54) is 6.92 Å². The Labute approximate surface area is 154 Å². The summed E-state index contributed by atoms with van der Waals surface area (Å²) in [6.45, 7) is 2.61. The van der Waals surface area contributed by atoms with Gasteiger partial charge in [-0.3, -0.25) is 4.79 Å². The molecule has 1 aliphatic carbocycles. The molecular formula is C20H23NO4S. The number of carbonyl (C=O) groups is 1. The lowest BCUT2D eigenvalue weighted by atomic mass is 9.84. The van der Waals surface area contributed by atoms with E-state index in [4.69, 9.17) is 4.74 Å². The van der Waals surface area contributed by atoms with E-state index in [0.717, 1.165) is 36.5 Å². The molecule has 0 N–H and O–H groups in total. The molecule has 5 rings (SSSR count). The van der Waals surface area contributed by atoms with Gasteiger partial charge in [0.05, 0.1) is 4.90 Å². The predicted molar refractivity (Wildman–Crippen MR) is 99.5 cm³/mol. The zero-order valence-electron chi connectivity index (χ0n) is 14.8. The minimum Gasteiger partial charge on any atom is -0.426 e. The Morgan fingerprint density at radius 1 is 1.04 bits per heavy atom. The van der Waals surface area contributed by atoms with Gasteiger partial charge in [-0.2, -0.15) is 4.31 Å². The first-order valence-electron chi connectivity index (χ1n) is 9.15. The molecule has 1 saturated carbocycles. The maximum atomic E-state index is 13.2. The summed E-state index contributed by atoms with van der Waals surface area (Å²) in [7, 11) is -3.51. The molecule has 3 aliphatic rings. The quantitative estimate of drug-likeness (QED) is 0.609. The Balaban J connectivity index is 1.70. The molecule has 5 nitrogen and oxygen atoms in total. The number of carbonyl (C=O) groups excluding carboxylic acids is 1. The molecule has 0 radical (unpaired) electrons. The van der Waals surface area contributed by atoms with Crippen LogP contribution in [0.2, 0.25) is 0 Å². The fraction of sp³-hybridized carbons (Fsp3) is 0.450. The minimum absolute atomic E-state index is 0.311. The van der Waals surface area contributed by atoms with Gasteiger partial charge in [0.1, 0.15) is 5.75 Å². The van der Waals surface area contributed by atoms with Crippen LogP contribution in [0.4, 0.5) is 0 Å². The zero-order valence-corrected chi connectivity index (χ0v) is 15.7.